The number of para-hydroxylation sites is 1. The molecule has 0 amide bonds. The summed E-state index contributed by atoms with van der Waals surface area (Å²) in [6, 6.07) is 6.94. The van der Waals surface area contributed by atoms with Gasteiger partial charge in [-0.2, -0.15) is 17.5 Å². The maximum atomic E-state index is 13.3. The van der Waals surface area contributed by atoms with Gasteiger partial charge in [0.1, 0.15) is 16.2 Å². The minimum absolute atomic E-state index is 0.244. The largest absolute Gasteiger partial charge is 0.490 e. The fourth-order valence-electron chi connectivity index (χ4n) is 3.62. The van der Waals surface area contributed by atoms with E-state index in [1.807, 2.05) is 25.4 Å². The molecular formula is C19H22F3N3O5S2. The molecule has 0 saturated carbocycles. The molecule has 8 nitrogen and oxygen atoms in total. The summed E-state index contributed by atoms with van der Waals surface area (Å²) in [5.74, 6) is -2.30. The Morgan fingerprint density at radius 1 is 1.31 bits per heavy atom. The zero-order chi connectivity index (χ0) is 23.7. The van der Waals surface area contributed by atoms with Crippen molar-refractivity contribution in [1.82, 2.24) is 14.2 Å². The summed E-state index contributed by atoms with van der Waals surface area (Å²) < 4.78 is 66.1. The van der Waals surface area contributed by atoms with Crippen LogP contribution < -0.4 is 4.74 Å². The van der Waals surface area contributed by atoms with E-state index in [9.17, 15) is 21.6 Å². The van der Waals surface area contributed by atoms with Gasteiger partial charge >= 0.3 is 12.1 Å². The summed E-state index contributed by atoms with van der Waals surface area (Å²) >= 11 is 1.54. The molecule has 1 fully saturated rings. The highest BCUT2D eigenvalue weighted by Crippen LogP contribution is 2.38. The van der Waals surface area contributed by atoms with E-state index >= 15 is 0 Å². The SMILES string of the molecule is Cc1nc(CN2CC3(CCN(C)C3)Oc3ccccc3S2(=O)=O)cs1.O=C(O)C(F)(F)F. The second-order valence-electron chi connectivity index (χ2n) is 7.65. The van der Waals surface area contributed by atoms with Crippen molar-refractivity contribution in [3.63, 3.8) is 0 Å². The van der Waals surface area contributed by atoms with Crippen LogP contribution in [0, 0.1) is 6.92 Å². The van der Waals surface area contributed by atoms with Gasteiger partial charge in [-0.1, -0.05) is 12.1 Å². The molecule has 0 aliphatic carbocycles. The molecule has 1 saturated heterocycles. The average Bonchev–Trinajstić information content (AvgIpc) is 3.24. The molecule has 1 N–H and O–H groups in total. The Balaban J connectivity index is 0.000000360. The molecule has 1 aromatic heterocycles. The van der Waals surface area contributed by atoms with Crippen LogP contribution in [0.4, 0.5) is 13.2 Å². The summed E-state index contributed by atoms with van der Waals surface area (Å²) in [5.41, 5.74) is 0.270. The van der Waals surface area contributed by atoms with Gasteiger partial charge < -0.3 is 14.7 Å². The van der Waals surface area contributed by atoms with Crippen LogP contribution in [-0.4, -0.2) is 72.1 Å². The maximum absolute atomic E-state index is 13.3. The van der Waals surface area contributed by atoms with E-state index in [1.165, 1.54) is 15.6 Å². The number of carboxylic acid groups (broad SMARTS) is 1. The molecular weight excluding hydrogens is 471 g/mol. The number of benzene rings is 1. The minimum atomic E-state index is -5.08. The number of aromatic nitrogens is 1. The van der Waals surface area contributed by atoms with E-state index < -0.39 is 27.8 Å². The fourth-order valence-corrected chi connectivity index (χ4v) is 5.82. The van der Waals surface area contributed by atoms with Gasteiger partial charge in [0.05, 0.1) is 23.8 Å². The molecule has 2 aliphatic rings. The molecule has 4 rings (SSSR count). The molecule has 1 aromatic carbocycles. The summed E-state index contributed by atoms with van der Waals surface area (Å²) in [4.78, 5) is 15.8. The molecule has 32 heavy (non-hydrogen) atoms. The van der Waals surface area contributed by atoms with Crippen molar-refractivity contribution in [3.05, 3.63) is 40.3 Å². The Labute approximate surface area is 187 Å². The molecule has 176 valence electrons. The van der Waals surface area contributed by atoms with Gasteiger partial charge in [-0.15, -0.1) is 11.3 Å². The quantitative estimate of drug-likeness (QED) is 0.687. The number of likely N-dealkylation sites (N-methyl/N-ethyl adjacent to an activating group) is 1. The lowest BCUT2D eigenvalue weighted by molar-refractivity contribution is -0.192. The molecule has 0 bridgehead atoms. The van der Waals surface area contributed by atoms with Gasteiger partial charge in [0.25, 0.3) is 0 Å². The van der Waals surface area contributed by atoms with Gasteiger partial charge in [0, 0.05) is 24.9 Å². The highest BCUT2D eigenvalue weighted by molar-refractivity contribution is 7.89. The van der Waals surface area contributed by atoms with Crippen LogP contribution >= 0.6 is 11.3 Å². The Morgan fingerprint density at radius 3 is 2.50 bits per heavy atom. The monoisotopic (exact) mass is 493 g/mol. The van der Waals surface area contributed by atoms with Crippen LogP contribution in [0.5, 0.6) is 5.75 Å². The molecule has 2 aliphatic heterocycles. The maximum Gasteiger partial charge on any atom is 0.490 e. The van der Waals surface area contributed by atoms with Gasteiger partial charge in [-0.05, 0) is 26.1 Å². The van der Waals surface area contributed by atoms with E-state index in [0.29, 0.717) is 18.8 Å². The molecule has 1 atom stereocenters. The van der Waals surface area contributed by atoms with E-state index in [1.54, 1.807) is 18.2 Å². The number of hydrogen-bond acceptors (Lipinski definition) is 7. The number of thiazole rings is 1. The number of hydrogen-bond donors (Lipinski definition) is 1. The number of fused-ring (bicyclic) bond motifs is 1. The smallest absolute Gasteiger partial charge is 0.483 e. The van der Waals surface area contributed by atoms with Crippen molar-refractivity contribution in [2.45, 2.75) is 36.6 Å². The van der Waals surface area contributed by atoms with Crippen LogP contribution in [0.25, 0.3) is 0 Å². The van der Waals surface area contributed by atoms with Crippen molar-refractivity contribution >= 4 is 27.3 Å². The van der Waals surface area contributed by atoms with Crippen molar-refractivity contribution in [1.29, 1.82) is 0 Å². The van der Waals surface area contributed by atoms with Crippen LogP contribution in [-0.2, 0) is 21.4 Å². The van der Waals surface area contributed by atoms with E-state index in [0.717, 1.165) is 23.7 Å². The average molecular weight is 494 g/mol. The second-order valence-corrected chi connectivity index (χ2v) is 10.6. The number of carbonyl (C=O) groups is 1. The lowest BCUT2D eigenvalue weighted by Gasteiger charge is -2.31. The second kappa shape index (κ2) is 8.96. The van der Waals surface area contributed by atoms with Crippen LogP contribution in [0.2, 0.25) is 0 Å². The van der Waals surface area contributed by atoms with E-state index in [-0.39, 0.29) is 11.4 Å². The summed E-state index contributed by atoms with van der Waals surface area (Å²) in [6.07, 6.45) is -4.28. The lowest BCUT2D eigenvalue weighted by atomic mass is 10.0. The number of rotatable bonds is 2. The lowest BCUT2D eigenvalue weighted by Crippen LogP contribution is -2.48. The first-order valence-corrected chi connectivity index (χ1v) is 11.8. The van der Waals surface area contributed by atoms with Gasteiger partial charge in [0.2, 0.25) is 10.0 Å². The number of halogens is 3. The Morgan fingerprint density at radius 2 is 1.97 bits per heavy atom. The summed E-state index contributed by atoms with van der Waals surface area (Å²) in [7, 11) is -1.60. The molecule has 1 spiro atoms. The number of sulfonamides is 1. The number of ether oxygens (including phenoxy) is 1. The molecule has 2 aromatic rings. The predicted molar refractivity (Wildman–Crippen MR) is 110 cm³/mol. The first-order valence-electron chi connectivity index (χ1n) is 9.50. The molecule has 0 radical (unpaired) electrons. The van der Waals surface area contributed by atoms with Crippen LogP contribution in [0.1, 0.15) is 17.1 Å². The van der Waals surface area contributed by atoms with Crippen LogP contribution in [0.3, 0.4) is 0 Å². The van der Waals surface area contributed by atoms with Crippen molar-refractivity contribution in [3.8, 4) is 5.75 Å². The molecule has 13 heteroatoms. The Bertz CT molecular complexity index is 1090. The van der Waals surface area contributed by atoms with Gasteiger partial charge in [-0.25, -0.2) is 18.2 Å². The zero-order valence-electron chi connectivity index (χ0n) is 17.3. The Hall–Kier alpha value is -2.22. The third-order valence-corrected chi connectivity index (χ3v) is 7.67. The third kappa shape index (κ3) is 5.39. The highest BCUT2D eigenvalue weighted by Gasteiger charge is 2.47. The standard InChI is InChI=1S/C17H21N3O3S2.C2HF3O2/c1-13-18-14(10-24-13)9-20-12-17(7-8-19(2)11-17)23-15-5-3-4-6-16(15)25(20,21)22;3-2(4,5)1(6)7/h3-6,10H,7-9,11-12H2,1-2H3;(H,6,7). The number of likely N-dealkylation sites (tertiary alicyclic amines) is 1. The van der Waals surface area contributed by atoms with E-state index in [2.05, 4.69) is 9.88 Å². The number of carboxylic acids is 1. The van der Waals surface area contributed by atoms with Crippen LogP contribution in [0.15, 0.2) is 34.5 Å². The zero-order valence-corrected chi connectivity index (χ0v) is 18.9. The fraction of sp³-hybridized carbons (Fsp3) is 0.474. The van der Waals surface area contributed by atoms with E-state index in [4.69, 9.17) is 14.6 Å². The van der Waals surface area contributed by atoms with Crippen molar-refractivity contribution < 1.29 is 36.2 Å². The number of nitrogens with zero attached hydrogens (tertiary/aromatic N) is 3. The van der Waals surface area contributed by atoms with Crippen molar-refractivity contribution in [2.24, 2.45) is 0 Å². The highest BCUT2D eigenvalue weighted by atomic mass is 32.2. The Kier molecular flexibility index (Phi) is 6.84. The van der Waals surface area contributed by atoms with Gasteiger partial charge in [0.15, 0.2) is 0 Å². The number of alkyl halides is 3. The van der Waals surface area contributed by atoms with Crippen molar-refractivity contribution in [2.75, 3.05) is 26.7 Å². The summed E-state index contributed by atoms with van der Waals surface area (Å²) in [5, 5.41) is 9.99. The number of aryl methyl sites for hydroxylation is 1. The third-order valence-electron chi connectivity index (χ3n) is 5.01. The normalized spacial score (nSPS) is 23.0. The predicted octanol–water partition coefficient (Wildman–Crippen LogP) is 2.74. The number of aliphatic carboxylic acids is 1. The first-order chi connectivity index (χ1) is 14.8. The van der Waals surface area contributed by atoms with Gasteiger partial charge in [-0.3, -0.25) is 0 Å². The first kappa shape index (κ1) is 24.4. The topological polar surface area (TPSA) is 100 Å². The molecule has 3 heterocycles. The minimum Gasteiger partial charge on any atom is -0.483 e. The summed E-state index contributed by atoms with van der Waals surface area (Å²) in [6.45, 7) is 4.15. The molecule has 1 unspecified atom stereocenters.